The van der Waals surface area contributed by atoms with Gasteiger partial charge in [-0.1, -0.05) is 0 Å². The van der Waals surface area contributed by atoms with Crippen LogP contribution in [0.3, 0.4) is 0 Å². The molecule has 0 amide bonds. The standard InChI is InChI=1S/C10H20N2O3S/c11-9(10(13)14)1-7-16-8-4-12-2-5-15-6-3-12/h9H,1-8,11H2,(H,13,14). The highest BCUT2D eigenvalue weighted by molar-refractivity contribution is 7.99. The summed E-state index contributed by atoms with van der Waals surface area (Å²) in [5.41, 5.74) is 5.40. The summed E-state index contributed by atoms with van der Waals surface area (Å²) >= 11 is 1.77. The number of hydrogen-bond donors (Lipinski definition) is 2. The topological polar surface area (TPSA) is 75.8 Å². The first-order valence-electron chi connectivity index (χ1n) is 5.56. The second kappa shape index (κ2) is 7.89. The number of nitrogens with zero attached hydrogens (tertiary/aromatic N) is 1. The maximum Gasteiger partial charge on any atom is 0.320 e. The number of rotatable bonds is 7. The Balaban J connectivity index is 1.93. The van der Waals surface area contributed by atoms with Crippen molar-refractivity contribution < 1.29 is 14.6 Å². The second-order valence-electron chi connectivity index (χ2n) is 3.80. The predicted octanol–water partition coefficient (Wildman–Crippen LogP) is -0.146. The number of carboxylic acids is 1. The van der Waals surface area contributed by atoms with Gasteiger partial charge in [0, 0.05) is 25.4 Å². The highest BCUT2D eigenvalue weighted by Crippen LogP contribution is 2.06. The number of ether oxygens (including phenoxy) is 1. The van der Waals surface area contributed by atoms with E-state index in [-0.39, 0.29) is 0 Å². The van der Waals surface area contributed by atoms with Crippen LogP contribution in [0.4, 0.5) is 0 Å². The van der Waals surface area contributed by atoms with Gasteiger partial charge in [-0.15, -0.1) is 0 Å². The van der Waals surface area contributed by atoms with E-state index in [4.69, 9.17) is 15.6 Å². The van der Waals surface area contributed by atoms with Gasteiger partial charge in [-0.3, -0.25) is 9.69 Å². The number of morpholine rings is 1. The zero-order chi connectivity index (χ0) is 11.8. The maximum absolute atomic E-state index is 10.5. The third-order valence-electron chi connectivity index (χ3n) is 2.55. The number of thioether (sulfide) groups is 1. The minimum Gasteiger partial charge on any atom is -0.480 e. The number of carbonyl (C=O) groups is 1. The molecule has 0 aliphatic carbocycles. The molecule has 1 atom stereocenters. The van der Waals surface area contributed by atoms with E-state index in [9.17, 15) is 4.79 Å². The molecule has 94 valence electrons. The first-order chi connectivity index (χ1) is 7.70. The molecule has 0 aromatic heterocycles. The van der Waals surface area contributed by atoms with Crippen LogP contribution in [0.1, 0.15) is 6.42 Å². The van der Waals surface area contributed by atoms with E-state index in [0.717, 1.165) is 44.4 Å². The molecular weight excluding hydrogens is 228 g/mol. The van der Waals surface area contributed by atoms with Crippen LogP contribution >= 0.6 is 11.8 Å². The van der Waals surface area contributed by atoms with Gasteiger partial charge in [0.2, 0.25) is 0 Å². The van der Waals surface area contributed by atoms with Gasteiger partial charge in [-0.05, 0) is 12.2 Å². The lowest BCUT2D eigenvalue weighted by atomic mass is 10.2. The average Bonchev–Trinajstić information content (AvgIpc) is 2.29. The van der Waals surface area contributed by atoms with Crippen molar-refractivity contribution in [1.82, 2.24) is 4.90 Å². The number of nitrogens with two attached hydrogens (primary N) is 1. The molecule has 1 aliphatic rings. The zero-order valence-corrected chi connectivity index (χ0v) is 10.2. The fraction of sp³-hybridized carbons (Fsp3) is 0.900. The molecule has 1 heterocycles. The summed E-state index contributed by atoms with van der Waals surface area (Å²) in [6.07, 6.45) is 0.545. The molecule has 1 unspecified atom stereocenters. The molecule has 1 rings (SSSR count). The normalized spacial score (nSPS) is 19.6. The Morgan fingerprint density at radius 2 is 2.12 bits per heavy atom. The van der Waals surface area contributed by atoms with E-state index in [1.54, 1.807) is 11.8 Å². The lowest BCUT2D eigenvalue weighted by Crippen LogP contribution is -2.37. The number of aliphatic carboxylic acids is 1. The van der Waals surface area contributed by atoms with Crippen molar-refractivity contribution >= 4 is 17.7 Å². The van der Waals surface area contributed by atoms with Crippen molar-refractivity contribution in [2.45, 2.75) is 12.5 Å². The van der Waals surface area contributed by atoms with Crippen LogP contribution in [0, 0.1) is 0 Å². The molecular formula is C10H20N2O3S. The largest absolute Gasteiger partial charge is 0.480 e. The number of hydrogen-bond acceptors (Lipinski definition) is 5. The van der Waals surface area contributed by atoms with Gasteiger partial charge in [0.05, 0.1) is 13.2 Å². The van der Waals surface area contributed by atoms with Crippen LogP contribution in [-0.2, 0) is 9.53 Å². The maximum atomic E-state index is 10.5. The van der Waals surface area contributed by atoms with E-state index < -0.39 is 12.0 Å². The first kappa shape index (κ1) is 13.8. The van der Waals surface area contributed by atoms with E-state index in [1.165, 1.54) is 0 Å². The molecule has 5 nitrogen and oxygen atoms in total. The first-order valence-corrected chi connectivity index (χ1v) is 6.72. The second-order valence-corrected chi connectivity index (χ2v) is 5.02. The Labute approximate surface area is 100 Å². The van der Waals surface area contributed by atoms with Crippen molar-refractivity contribution in [1.29, 1.82) is 0 Å². The molecule has 1 fully saturated rings. The van der Waals surface area contributed by atoms with Crippen molar-refractivity contribution in [3.8, 4) is 0 Å². The highest BCUT2D eigenvalue weighted by Gasteiger charge is 2.11. The Hall–Kier alpha value is -0.300. The van der Waals surface area contributed by atoms with Gasteiger partial charge in [-0.25, -0.2) is 0 Å². The molecule has 1 saturated heterocycles. The molecule has 0 spiro atoms. The van der Waals surface area contributed by atoms with Crippen LogP contribution in [0.5, 0.6) is 0 Å². The van der Waals surface area contributed by atoms with Crippen LogP contribution < -0.4 is 5.73 Å². The summed E-state index contributed by atoms with van der Waals surface area (Å²) in [6, 6.07) is -0.712. The van der Waals surface area contributed by atoms with Gasteiger partial charge < -0.3 is 15.6 Å². The van der Waals surface area contributed by atoms with Crippen molar-refractivity contribution in [2.24, 2.45) is 5.73 Å². The van der Waals surface area contributed by atoms with Crippen LogP contribution in [-0.4, -0.2) is 66.4 Å². The van der Waals surface area contributed by atoms with Crippen molar-refractivity contribution in [2.75, 3.05) is 44.4 Å². The monoisotopic (exact) mass is 248 g/mol. The Morgan fingerprint density at radius 1 is 1.44 bits per heavy atom. The van der Waals surface area contributed by atoms with Crippen molar-refractivity contribution in [3.05, 3.63) is 0 Å². The van der Waals surface area contributed by atoms with Gasteiger partial charge in [-0.2, -0.15) is 11.8 Å². The molecule has 1 aliphatic heterocycles. The zero-order valence-electron chi connectivity index (χ0n) is 9.43. The predicted molar refractivity (Wildman–Crippen MR) is 64.8 cm³/mol. The lowest BCUT2D eigenvalue weighted by molar-refractivity contribution is -0.138. The summed E-state index contributed by atoms with van der Waals surface area (Å²) in [7, 11) is 0. The third-order valence-corrected chi connectivity index (χ3v) is 3.54. The van der Waals surface area contributed by atoms with E-state index in [1.807, 2.05) is 0 Å². The minimum absolute atomic E-state index is 0.545. The van der Waals surface area contributed by atoms with Gasteiger partial charge in [0.1, 0.15) is 6.04 Å². The molecule has 16 heavy (non-hydrogen) atoms. The minimum atomic E-state index is -0.909. The molecule has 0 aromatic carbocycles. The molecule has 6 heteroatoms. The Bertz CT molecular complexity index is 210. The van der Waals surface area contributed by atoms with E-state index in [2.05, 4.69) is 4.90 Å². The Kier molecular flexibility index (Phi) is 6.79. The fourth-order valence-corrected chi connectivity index (χ4v) is 2.47. The van der Waals surface area contributed by atoms with E-state index >= 15 is 0 Å². The quantitative estimate of drug-likeness (QED) is 0.610. The highest BCUT2D eigenvalue weighted by atomic mass is 32.2. The van der Waals surface area contributed by atoms with Crippen molar-refractivity contribution in [3.63, 3.8) is 0 Å². The molecule has 0 saturated carbocycles. The van der Waals surface area contributed by atoms with Crippen LogP contribution in [0.25, 0.3) is 0 Å². The average molecular weight is 248 g/mol. The summed E-state index contributed by atoms with van der Waals surface area (Å²) in [5, 5.41) is 8.59. The van der Waals surface area contributed by atoms with Gasteiger partial charge in [0.15, 0.2) is 0 Å². The number of carboxylic acid groups (broad SMARTS) is 1. The van der Waals surface area contributed by atoms with Crippen LogP contribution in [0.15, 0.2) is 0 Å². The molecule has 0 radical (unpaired) electrons. The summed E-state index contributed by atoms with van der Waals surface area (Å²) in [5.74, 6) is 0.943. The summed E-state index contributed by atoms with van der Waals surface area (Å²) < 4.78 is 5.25. The fourth-order valence-electron chi connectivity index (χ4n) is 1.45. The molecule has 0 aromatic rings. The third kappa shape index (κ3) is 5.69. The van der Waals surface area contributed by atoms with Crippen LogP contribution in [0.2, 0.25) is 0 Å². The lowest BCUT2D eigenvalue weighted by Gasteiger charge is -2.26. The smallest absolute Gasteiger partial charge is 0.320 e. The van der Waals surface area contributed by atoms with E-state index in [0.29, 0.717) is 6.42 Å². The Morgan fingerprint density at radius 3 is 2.75 bits per heavy atom. The molecule has 3 N–H and O–H groups in total. The van der Waals surface area contributed by atoms with Gasteiger partial charge >= 0.3 is 5.97 Å². The summed E-state index contributed by atoms with van der Waals surface area (Å²) in [6.45, 7) is 4.73. The SMILES string of the molecule is NC(CCSCCN1CCOCC1)C(=O)O. The van der Waals surface area contributed by atoms with Gasteiger partial charge in [0.25, 0.3) is 0 Å². The molecule has 0 bridgehead atoms. The summed E-state index contributed by atoms with van der Waals surface area (Å²) in [4.78, 5) is 12.8.